The maximum atomic E-state index is 5.58. The fourth-order valence-corrected chi connectivity index (χ4v) is 2.36. The summed E-state index contributed by atoms with van der Waals surface area (Å²) in [5.41, 5.74) is 1.12. The van der Waals surface area contributed by atoms with E-state index in [1.165, 1.54) is 0 Å². The van der Waals surface area contributed by atoms with Crippen molar-refractivity contribution in [2.45, 2.75) is 33.4 Å². The van der Waals surface area contributed by atoms with E-state index < -0.39 is 0 Å². The van der Waals surface area contributed by atoms with Crippen LogP contribution in [0.5, 0.6) is 5.75 Å². The van der Waals surface area contributed by atoms with Crippen LogP contribution in [0.4, 0.5) is 0 Å². The standard InChI is InChI=1S/C20H29N3O3.HI/c1-3-21-20(22-11-7-12-24-16-19-10-6-13-26-19)23-15-17-8-5-9-18(14-17)25-4-2;/h5-6,8-10,13-14H,3-4,7,11-12,15-16H2,1-2H3,(H2,21,22,23);1H. The van der Waals surface area contributed by atoms with E-state index in [9.17, 15) is 0 Å². The van der Waals surface area contributed by atoms with Gasteiger partial charge in [-0.15, -0.1) is 24.0 Å². The molecule has 0 saturated heterocycles. The summed E-state index contributed by atoms with van der Waals surface area (Å²) in [4.78, 5) is 4.63. The van der Waals surface area contributed by atoms with E-state index in [-0.39, 0.29) is 24.0 Å². The highest BCUT2D eigenvalue weighted by Crippen LogP contribution is 2.13. The first-order valence-corrected chi connectivity index (χ1v) is 9.15. The second-order valence-corrected chi connectivity index (χ2v) is 5.69. The summed E-state index contributed by atoms with van der Waals surface area (Å²) in [6.07, 6.45) is 2.55. The minimum Gasteiger partial charge on any atom is -0.494 e. The molecule has 0 bridgehead atoms. The molecule has 0 aliphatic carbocycles. The van der Waals surface area contributed by atoms with Crippen LogP contribution >= 0.6 is 24.0 Å². The van der Waals surface area contributed by atoms with Crippen LogP contribution in [0.15, 0.2) is 52.1 Å². The SMILES string of the molecule is CCNC(=NCc1cccc(OCC)c1)NCCCOCc1ccco1.I. The number of aliphatic imine (C=N–C) groups is 1. The number of nitrogens with one attached hydrogen (secondary N) is 2. The third kappa shape index (κ3) is 9.67. The summed E-state index contributed by atoms with van der Waals surface area (Å²) in [6.45, 7) is 8.10. The van der Waals surface area contributed by atoms with Gasteiger partial charge in [0.05, 0.1) is 19.4 Å². The molecule has 2 aromatic rings. The number of ether oxygens (including phenoxy) is 2. The van der Waals surface area contributed by atoms with Gasteiger partial charge in [0, 0.05) is 19.7 Å². The Kier molecular flexibility index (Phi) is 12.4. The van der Waals surface area contributed by atoms with Gasteiger partial charge in [-0.25, -0.2) is 4.99 Å². The first-order valence-electron chi connectivity index (χ1n) is 9.15. The van der Waals surface area contributed by atoms with Crippen LogP contribution < -0.4 is 15.4 Å². The van der Waals surface area contributed by atoms with Crippen LogP contribution in [-0.2, 0) is 17.9 Å². The van der Waals surface area contributed by atoms with Gasteiger partial charge in [0.15, 0.2) is 5.96 Å². The van der Waals surface area contributed by atoms with Crippen LogP contribution in [0.25, 0.3) is 0 Å². The number of guanidine groups is 1. The Morgan fingerprint density at radius 3 is 2.78 bits per heavy atom. The fraction of sp³-hybridized carbons (Fsp3) is 0.450. The zero-order valence-electron chi connectivity index (χ0n) is 16.1. The van der Waals surface area contributed by atoms with Crippen LogP contribution in [-0.4, -0.2) is 32.3 Å². The Labute approximate surface area is 178 Å². The second kappa shape index (κ2) is 14.3. The van der Waals surface area contributed by atoms with Crippen molar-refractivity contribution in [3.8, 4) is 5.75 Å². The van der Waals surface area contributed by atoms with Crippen molar-refractivity contribution in [2.75, 3.05) is 26.3 Å². The van der Waals surface area contributed by atoms with Gasteiger partial charge in [-0.2, -0.15) is 0 Å². The Bertz CT molecular complexity index is 648. The molecule has 0 radical (unpaired) electrons. The van der Waals surface area contributed by atoms with Gasteiger partial charge in [0.1, 0.15) is 18.1 Å². The van der Waals surface area contributed by atoms with Gasteiger partial charge < -0.3 is 24.5 Å². The first kappa shape index (κ1) is 23.3. The molecule has 0 amide bonds. The lowest BCUT2D eigenvalue weighted by atomic mass is 10.2. The van der Waals surface area contributed by atoms with Crippen molar-refractivity contribution < 1.29 is 13.9 Å². The smallest absolute Gasteiger partial charge is 0.191 e. The summed E-state index contributed by atoms with van der Waals surface area (Å²) in [5, 5.41) is 6.59. The normalized spacial score (nSPS) is 11.0. The van der Waals surface area contributed by atoms with Crippen molar-refractivity contribution in [3.63, 3.8) is 0 Å². The molecular formula is C20H30IN3O3. The summed E-state index contributed by atoms with van der Waals surface area (Å²) in [5.74, 6) is 2.54. The molecule has 0 unspecified atom stereocenters. The molecule has 7 heteroatoms. The Morgan fingerprint density at radius 2 is 2.04 bits per heavy atom. The number of hydrogen-bond acceptors (Lipinski definition) is 4. The summed E-state index contributed by atoms with van der Waals surface area (Å²) >= 11 is 0. The molecule has 0 spiro atoms. The van der Waals surface area contributed by atoms with Gasteiger partial charge in [0.25, 0.3) is 0 Å². The zero-order chi connectivity index (χ0) is 18.5. The lowest BCUT2D eigenvalue weighted by molar-refractivity contribution is 0.105. The van der Waals surface area contributed by atoms with E-state index in [4.69, 9.17) is 13.9 Å². The number of hydrogen-bond donors (Lipinski definition) is 2. The minimum absolute atomic E-state index is 0. The van der Waals surface area contributed by atoms with E-state index in [2.05, 4.69) is 28.6 Å². The van der Waals surface area contributed by atoms with Crippen molar-refractivity contribution in [1.29, 1.82) is 0 Å². The molecule has 2 rings (SSSR count). The van der Waals surface area contributed by atoms with Gasteiger partial charge in [0.2, 0.25) is 0 Å². The lowest BCUT2D eigenvalue weighted by Gasteiger charge is -2.11. The molecule has 0 aliphatic heterocycles. The van der Waals surface area contributed by atoms with E-state index in [0.717, 1.165) is 42.5 Å². The lowest BCUT2D eigenvalue weighted by Crippen LogP contribution is -2.38. The predicted molar refractivity (Wildman–Crippen MR) is 119 cm³/mol. The highest BCUT2D eigenvalue weighted by atomic mass is 127. The Hall–Kier alpha value is -1.74. The van der Waals surface area contributed by atoms with Crippen LogP contribution in [0.3, 0.4) is 0 Å². The average Bonchev–Trinajstić information content (AvgIpc) is 3.16. The van der Waals surface area contributed by atoms with E-state index >= 15 is 0 Å². The second-order valence-electron chi connectivity index (χ2n) is 5.69. The molecule has 2 N–H and O–H groups in total. The van der Waals surface area contributed by atoms with Gasteiger partial charge >= 0.3 is 0 Å². The molecule has 1 aromatic heterocycles. The largest absolute Gasteiger partial charge is 0.494 e. The topological polar surface area (TPSA) is 68.0 Å². The quantitative estimate of drug-likeness (QED) is 0.218. The molecule has 27 heavy (non-hydrogen) atoms. The molecule has 1 aromatic carbocycles. The minimum atomic E-state index is 0. The van der Waals surface area contributed by atoms with Crippen molar-refractivity contribution in [3.05, 3.63) is 54.0 Å². The predicted octanol–water partition coefficient (Wildman–Crippen LogP) is 3.96. The summed E-state index contributed by atoms with van der Waals surface area (Å²) in [7, 11) is 0. The molecule has 0 saturated carbocycles. The Balaban J connectivity index is 0.00000364. The molecular weight excluding hydrogens is 457 g/mol. The summed E-state index contributed by atoms with van der Waals surface area (Å²) < 4.78 is 16.3. The van der Waals surface area contributed by atoms with Gasteiger partial charge in [-0.1, -0.05) is 12.1 Å². The summed E-state index contributed by atoms with van der Waals surface area (Å²) in [6, 6.07) is 11.8. The molecule has 150 valence electrons. The number of halogens is 1. The van der Waals surface area contributed by atoms with E-state index in [0.29, 0.717) is 26.4 Å². The van der Waals surface area contributed by atoms with Gasteiger partial charge in [-0.05, 0) is 50.1 Å². The molecule has 0 atom stereocenters. The van der Waals surface area contributed by atoms with Crippen molar-refractivity contribution >= 4 is 29.9 Å². The number of furan rings is 1. The van der Waals surface area contributed by atoms with Gasteiger partial charge in [-0.3, -0.25) is 0 Å². The van der Waals surface area contributed by atoms with E-state index in [1.807, 2.05) is 37.3 Å². The van der Waals surface area contributed by atoms with Crippen LogP contribution in [0, 0.1) is 0 Å². The molecule has 0 aliphatic rings. The monoisotopic (exact) mass is 487 g/mol. The molecule has 1 heterocycles. The number of nitrogens with zero attached hydrogens (tertiary/aromatic N) is 1. The van der Waals surface area contributed by atoms with Crippen LogP contribution in [0.2, 0.25) is 0 Å². The third-order valence-electron chi connectivity index (χ3n) is 3.56. The maximum absolute atomic E-state index is 5.58. The maximum Gasteiger partial charge on any atom is 0.191 e. The first-order chi connectivity index (χ1) is 12.8. The number of benzene rings is 1. The molecule has 0 fully saturated rings. The Morgan fingerprint density at radius 1 is 1.15 bits per heavy atom. The third-order valence-corrected chi connectivity index (χ3v) is 3.56. The number of rotatable bonds is 11. The highest BCUT2D eigenvalue weighted by molar-refractivity contribution is 14.0. The average molecular weight is 487 g/mol. The zero-order valence-corrected chi connectivity index (χ0v) is 18.4. The van der Waals surface area contributed by atoms with Crippen molar-refractivity contribution in [1.82, 2.24) is 10.6 Å². The van der Waals surface area contributed by atoms with Crippen LogP contribution in [0.1, 0.15) is 31.6 Å². The van der Waals surface area contributed by atoms with E-state index in [1.54, 1.807) is 6.26 Å². The fourth-order valence-electron chi connectivity index (χ4n) is 2.36. The molecule has 6 nitrogen and oxygen atoms in total. The van der Waals surface area contributed by atoms with Crippen molar-refractivity contribution in [2.24, 2.45) is 4.99 Å². The highest BCUT2D eigenvalue weighted by Gasteiger charge is 2.00.